The zero-order chi connectivity index (χ0) is 11.1. The molecule has 0 amide bonds. The van der Waals surface area contributed by atoms with E-state index in [1.807, 2.05) is 29.8 Å². The highest BCUT2D eigenvalue weighted by Crippen LogP contribution is 2.26. The summed E-state index contributed by atoms with van der Waals surface area (Å²) in [5, 5.41) is 11.1. The summed E-state index contributed by atoms with van der Waals surface area (Å²) < 4.78 is 2.05. The maximum absolute atomic E-state index is 8.88. The first-order valence-corrected chi connectivity index (χ1v) is 5.04. The predicted molar refractivity (Wildman–Crippen MR) is 62.9 cm³/mol. The summed E-state index contributed by atoms with van der Waals surface area (Å²) in [5.74, 6) is 0. The van der Waals surface area contributed by atoms with Crippen molar-refractivity contribution < 1.29 is 0 Å². The minimum atomic E-state index is 0.601. The molecule has 0 aliphatic heterocycles. The Labute approximate surface area is 92.6 Å². The van der Waals surface area contributed by atoms with Gasteiger partial charge in [0.15, 0.2) is 0 Å². The number of para-hydroxylation sites is 1. The highest BCUT2D eigenvalue weighted by atomic mass is 15.0. The molecule has 0 aliphatic rings. The average molecular weight is 207 g/mol. The maximum atomic E-state index is 8.88. The number of benzene rings is 1. The Morgan fingerprint density at radius 1 is 1.25 bits per heavy atom. The van der Waals surface area contributed by atoms with Crippen LogP contribution in [0.3, 0.4) is 0 Å². The van der Waals surface area contributed by atoms with Crippen LogP contribution in [0.25, 0.3) is 21.9 Å². The molecule has 0 unspecified atom stereocenters. The Kier molecular flexibility index (Phi) is 1.72. The Morgan fingerprint density at radius 2 is 2.06 bits per heavy atom. The van der Waals surface area contributed by atoms with E-state index in [0.29, 0.717) is 5.56 Å². The molecule has 0 radical (unpaired) electrons. The quantitative estimate of drug-likeness (QED) is 0.568. The Morgan fingerprint density at radius 3 is 2.88 bits per heavy atom. The fraction of sp³-hybridized carbons (Fsp3) is 0.0769. The molecule has 0 saturated heterocycles. The van der Waals surface area contributed by atoms with Gasteiger partial charge < -0.3 is 4.57 Å². The monoisotopic (exact) mass is 207 g/mol. The first-order chi connectivity index (χ1) is 7.81. The molecular weight excluding hydrogens is 198 g/mol. The Bertz CT molecular complexity index is 732. The van der Waals surface area contributed by atoms with Crippen LogP contribution in [0.4, 0.5) is 0 Å². The van der Waals surface area contributed by atoms with Crippen LogP contribution < -0.4 is 0 Å². The molecule has 3 heteroatoms. The standard InChI is InChI=1S/C13H9N3/c1-16-12-5-3-2-4-10(12)11-6-9(7-14)8-15-13(11)16/h2-6,8H,1H3. The smallest absolute Gasteiger partial charge is 0.140 e. The Balaban J connectivity index is 2.58. The summed E-state index contributed by atoms with van der Waals surface area (Å²) in [6, 6.07) is 12.1. The van der Waals surface area contributed by atoms with Gasteiger partial charge in [-0.2, -0.15) is 5.26 Å². The van der Waals surface area contributed by atoms with E-state index < -0.39 is 0 Å². The summed E-state index contributed by atoms with van der Waals surface area (Å²) in [4.78, 5) is 4.33. The zero-order valence-corrected chi connectivity index (χ0v) is 8.81. The van der Waals surface area contributed by atoms with Crippen LogP contribution in [0.5, 0.6) is 0 Å². The minimum absolute atomic E-state index is 0.601. The molecule has 16 heavy (non-hydrogen) atoms. The summed E-state index contributed by atoms with van der Waals surface area (Å²) in [7, 11) is 1.99. The first-order valence-electron chi connectivity index (χ1n) is 5.04. The number of rotatable bonds is 0. The van der Waals surface area contributed by atoms with E-state index >= 15 is 0 Å². The number of hydrogen-bond donors (Lipinski definition) is 0. The van der Waals surface area contributed by atoms with Crippen molar-refractivity contribution in [2.75, 3.05) is 0 Å². The summed E-state index contributed by atoms with van der Waals surface area (Å²) in [5.41, 5.74) is 2.66. The maximum Gasteiger partial charge on any atom is 0.140 e. The van der Waals surface area contributed by atoms with Gasteiger partial charge in [0, 0.05) is 24.0 Å². The van der Waals surface area contributed by atoms with Crippen molar-refractivity contribution in [3.8, 4) is 6.07 Å². The molecule has 0 bridgehead atoms. The van der Waals surface area contributed by atoms with Crippen molar-refractivity contribution in [3.05, 3.63) is 42.1 Å². The average Bonchev–Trinajstić information content (AvgIpc) is 2.64. The molecule has 3 aromatic rings. The van der Waals surface area contributed by atoms with Gasteiger partial charge in [-0.3, -0.25) is 0 Å². The number of fused-ring (bicyclic) bond motifs is 3. The molecule has 3 nitrogen and oxygen atoms in total. The molecular formula is C13H9N3. The van der Waals surface area contributed by atoms with Crippen LogP contribution in [-0.2, 0) is 7.05 Å². The third kappa shape index (κ3) is 1.04. The molecule has 0 aliphatic carbocycles. The van der Waals surface area contributed by atoms with Crippen LogP contribution in [0.2, 0.25) is 0 Å². The highest BCUT2D eigenvalue weighted by Gasteiger charge is 2.08. The largest absolute Gasteiger partial charge is 0.328 e. The lowest BCUT2D eigenvalue weighted by atomic mass is 10.1. The van der Waals surface area contributed by atoms with E-state index in [1.54, 1.807) is 6.20 Å². The SMILES string of the molecule is Cn1c2ccccc2c2cc(C#N)cnc21. The van der Waals surface area contributed by atoms with E-state index in [1.165, 1.54) is 0 Å². The topological polar surface area (TPSA) is 41.6 Å². The van der Waals surface area contributed by atoms with Crippen molar-refractivity contribution in [2.24, 2.45) is 7.05 Å². The first kappa shape index (κ1) is 8.93. The fourth-order valence-corrected chi connectivity index (χ4v) is 2.09. The lowest BCUT2D eigenvalue weighted by Crippen LogP contribution is -1.89. The van der Waals surface area contributed by atoms with Crippen molar-refractivity contribution in [1.82, 2.24) is 9.55 Å². The van der Waals surface area contributed by atoms with E-state index in [4.69, 9.17) is 5.26 Å². The second-order valence-electron chi connectivity index (χ2n) is 3.78. The molecule has 0 spiro atoms. The van der Waals surface area contributed by atoms with Gasteiger partial charge in [-0.15, -0.1) is 0 Å². The molecule has 76 valence electrons. The van der Waals surface area contributed by atoms with Gasteiger partial charge in [-0.05, 0) is 12.1 Å². The lowest BCUT2D eigenvalue weighted by Gasteiger charge is -1.95. The molecule has 3 rings (SSSR count). The van der Waals surface area contributed by atoms with Crippen LogP contribution in [0.15, 0.2) is 36.5 Å². The van der Waals surface area contributed by atoms with Crippen molar-refractivity contribution >= 4 is 21.9 Å². The van der Waals surface area contributed by atoms with Gasteiger partial charge in [0.05, 0.1) is 11.1 Å². The predicted octanol–water partition coefficient (Wildman–Crippen LogP) is 2.60. The summed E-state index contributed by atoms with van der Waals surface area (Å²) in [6.45, 7) is 0. The van der Waals surface area contributed by atoms with Crippen LogP contribution in [-0.4, -0.2) is 9.55 Å². The van der Waals surface area contributed by atoms with Crippen molar-refractivity contribution in [3.63, 3.8) is 0 Å². The second kappa shape index (κ2) is 3.07. The normalized spacial score (nSPS) is 10.8. The number of aryl methyl sites for hydroxylation is 1. The molecule has 0 atom stereocenters. The third-order valence-electron chi connectivity index (χ3n) is 2.87. The highest BCUT2D eigenvalue weighted by molar-refractivity contribution is 6.06. The number of hydrogen-bond acceptors (Lipinski definition) is 2. The van der Waals surface area contributed by atoms with Crippen LogP contribution in [0.1, 0.15) is 5.56 Å². The number of nitrogens with zero attached hydrogens (tertiary/aromatic N) is 3. The van der Waals surface area contributed by atoms with E-state index in [2.05, 4.69) is 23.2 Å². The molecule has 2 heterocycles. The zero-order valence-electron chi connectivity index (χ0n) is 8.81. The van der Waals surface area contributed by atoms with Gasteiger partial charge in [-0.25, -0.2) is 4.98 Å². The molecule has 1 aromatic carbocycles. The number of nitriles is 1. The molecule has 0 fully saturated rings. The summed E-state index contributed by atoms with van der Waals surface area (Å²) >= 11 is 0. The van der Waals surface area contributed by atoms with Gasteiger partial charge in [-0.1, -0.05) is 18.2 Å². The second-order valence-corrected chi connectivity index (χ2v) is 3.78. The van der Waals surface area contributed by atoms with E-state index in [9.17, 15) is 0 Å². The van der Waals surface area contributed by atoms with E-state index in [0.717, 1.165) is 21.9 Å². The third-order valence-corrected chi connectivity index (χ3v) is 2.87. The minimum Gasteiger partial charge on any atom is -0.328 e. The van der Waals surface area contributed by atoms with Crippen LogP contribution >= 0.6 is 0 Å². The van der Waals surface area contributed by atoms with Crippen molar-refractivity contribution in [1.29, 1.82) is 5.26 Å². The van der Waals surface area contributed by atoms with Crippen molar-refractivity contribution in [2.45, 2.75) is 0 Å². The van der Waals surface area contributed by atoms with Crippen LogP contribution in [0, 0.1) is 11.3 Å². The lowest BCUT2D eigenvalue weighted by molar-refractivity contribution is 0.989. The Hall–Kier alpha value is -2.34. The molecule has 0 saturated carbocycles. The molecule has 0 N–H and O–H groups in total. The number of aromatic nitrogens is 2. The van der Waals surface area contributed by atoms with Gasteiger partial charge in [0.1, 0.15) is 11.7 Å². The van der Waals surface area contributed by atoms with Gasteiger partial charge in [0.2, 0.25) is 0 Å². The van der Waals surface area contributed by atoms with Gasteiger partial charge >= 0.3 is 0 Å². The fourth-order valence-electron chi connectivity index (χ4n) is 2.09. The molecule has 2 aromatic heterocycles. The number of pyridine rings is 1. The summed E-state index contributed by atoms with van der Waals surface area (Å²) in [6.07, 6.45) is 1.61. The van der Waals surface area contributed by atoms with Gasteiger partial charge in [0.25, 0.3) is 0 Å². The van der Waals surface area contributed by atoms with E-state index in [-0.39, 0.29) is 0 Å².